The quantitative estimate of drug-likeness (QED) is 0.870. The summed E-state index contributed by atoms with van der Waals surface area (Å²) in [7, 11) is 0. The molecule has 2 aromatic carbocycles. The molecule has 0 bridgehead atoms. The minimum absolute atomic E-state index is 0.112. The largest absolute Gasteiger partial charge is 0.457 e. The molecule has 26 heavy (non-hydrogen) atoms. The van der Waals surface area contributed by atoms with Crippen molar-refractivity contribution in [1.82, 2.24) is 4.90 Å². The Balaban J connectivity index is 1.70. The molecule has 0 aliphatic carbocycles. The molecule has 7 heteroatoms. The Bertz CT molecular complexity index is 741. The molecule has 1 aliphatic heterocycles. The molecule has 1 heterocycles. The van der Waals surface area contributed by atoms with Crippen molar-refractivity contribution in [1.29, 1.82) is 0 Å². The summed E-state index contributed by atoms with van der Waals surface area (Å²) < 4.78 is 43.9. The van der Waals surface area contributed by atoms with Crippen molar-refractivity contribution in [2.24, 2.45) is 0 Å². The monoisotopic (exact) mass is 367 g/mol. The maximum atomic E-state index is 12.8. The number of aliphatic hydroxyl groups excluding tert-OH is 2. The van der Waals surface area contributed by atoms with Crippen LogP contribution >= 0.6 is 0 Å². The van der Waals surface area contributed by atoms with Crippen molar-refractivity contribution in [3.63, 3.8) is 0 Å². The SMILES string of the molecule is O[C@@H]1C[C@@H](O)CN(Cc2cccc(Oc3cccc(C(F)(F)F)c3)c2)C1. The van der Waals surface area contributed by atoms with E-state index in [-0.39, 0.29) is 5.75 Å². The fraction of sp³-hybridized carbons (Fsp3) is 0.368. The number of benzene rings is 2. The van der Waals surface area contributed by atoms with Crippen LogP contribution in [0.2, 0.25) is 0 Å². The number of rotatable bonds is 4. The van der Waals surface area contributed by atoms with Gasteiger partial charge < -0.3 is 14.9 Å². The molecule has 2 N–H and O–H groups in total. The van der Waals surface area contributed by atoms with Crippen LogP contribution in [-0.2, 0) is 12.7 Å². The van der Waals surface area contributed by atoms with Crippen molar-refractivity contribution >= 4 is 0 Å². The molecule has 0 unspecified atom stereocenters. The third kappa shape index (κ3) is 4.97. The van der Waals surface area contributed by atoms with Gasteiger partial charge in [-0.1, -0.05) is 18.2 Å². The van der Waals surface area contributed by atoms with E-state index in [0.29, 0.717) is 31.8 Å². The topological polar surface area (TPSA) is 52.9 Å². The number of halogens is 3. The lowest BCUT2D eigenvalue weighted by Crippen LogP contribution is -2.45. The van der Waals surface area contributed by atoms with Crippen LogP contribution in [0.4, 0.5) is 13.2 Å². The number of β-amino-alcohol motifs (C(OH)–C–C–N with tert-alkyl or cyclic N) is 2. The molecule has 0 spiro atoms. The summed E-state index contributed by atoms with van der Waals surface area (Å²) in [6.07, 6.45) is -5.18. The van der Waals surface area contributed by atoms with E-state index in [1.807, 2.05) is 11.0 Å². The van der Waals surface area contributed by atoms with Gasteiger partial charge in [-0.2, -0.15) is 13.2 Å². The number of ether oxygens (including phenoxy) is 1. The second-order valence-electron chi connectivity index (χ2n) is 6.51. The first-order valence-electron chi connectivity index (χ1n) is 8.32. The maximum absolute atomic E-state index is 12.8. The molecular weight excluding hydrogens is 347 g/mol. The lowest BCUT2D eigenvalue weighted by molar-refractivity contribution is -0.137. The summed E-state index contributed by atoms with van der Waals surface area (Å²) in [5.74, 6) is 0.542. The van der Waals surface area contributed by atoms with Crippen LogP contribution in [0.25, 0.3) is 0 Å². The molecule has 140 valence electrons. The lowest BCUT2D eigenvalue weighted by Gasteiger charge is -2.33. The first kappa shape index (κ1) is 18.7. The van der Waals surface area contributed by atoms with Crippen molar-refractivity contribution in [3.8, 4) is 11.5 Å². The molecule has 4 nitrogen and oxygen atoms in total. The van der Waals surface area contributed by atoms with E-state index in [1.54, 1.807) is 18.2 Å². The predicted octanol–water partition coefficient (Wildman–Crippen LogP) is 3.43. The van der Waals surface area contributed by atoms with Crippen LogP contribution in [-0.4, -0.2) is 40.4 Å². The fourth-order valence-corrected chi connectivity index (χ4v) is 3.10. The number of aliphatic hydroxyl groups is 2. The number of hydrogen-bond donors (Lipinski definition) is 2. The van der Waals surface area contributed by atoms with E-state index in [2.05, 4.69) is 0 Å². The third-order valence-corrected chi connectivity index (χ3v) is 4.18. The zero-order valence-electron chi connectivity index (χ0n) is 14.0. The molecule has 0 amide bonds. The number of piperidine rings is 1. The molecule has 1 fully saturated rings. The van der Waals surface area contributed by atoms with Gasteiger partial charge in [0.15, 0.2) is 0 Å². The van der Waals surface area contributed by atoms with Gasteiger partial charge in [-0.3, -0.25) is 4.90 Å². The van der Waals surface area contributed by atoms with E-state index >= 15 is 0 Å². The van der Waals surface area contributed by atoms with Crippen LogP contribution in [0.5, 0.6) is 11.5 Å². The van der Waals surface area contributed by atoms with Crippen LogP contribution in [0.15, 0.2) is 48.5 Å². The Morgan fingerprint density at radius 1 is 0.962 bits per heavy atom. The number of alkyl halides is 3. The molecular formula is C19H20F3NO3. The first-order chi connectivity index (χ1) is 12.3. The molecule has 0 radical (unpaired) electrons. The molecule has 2 aromatic rings. The van der Waals surface area contributed by atoms with Gasteiger partial charge in [-0.15, -0.1) is 0 Å². The molecule has 0 aromatic heterocycles. The van der Waals surface area contributed by atoms with Crippen molar-refractivity contribution < 1.29 is 28.1 Å². The highest BCUT2D eigenvalue weighted by atomic mass is 19.4. The zero-order chi connectivity index (χ0) is 18.7. The molecule has 0 saturated carbocycles. The minimum atomic E-state index is -4.42. The van der Waals surface area contributed by atoms with Crippen LogP contribution in [0.1, 0.15) is 17.5 Å². The van der Waals surface area contributed by atoms with Gasteiger partial charge >= 0.3 is 6.18 Å². The molecule has 3 rings (SSSR count). The van der Waals surface area contributed by atoms with E-state index in [0.717, 1.165) is 17.7 Å². The zero-order valence-corrected chi connectivity index (χ0v) is 14.0. The summed E-state index contributed by atoms with van der Waals surface area (Å²) in [6.45, 7) is 1.44. The van der Waals surface area contributed by atoms with Gasteiger partial charge in [-0.05, 0) is 35.9 Å². The summed E-state index contributed by atoms with van der Waals surface area (Å²) in [5.41, 5.74) is 0.123. The Labute approximate surface area is 149 Å². The van der Waals surface area contributed by atoms with Gasteiger partial charge in [0.2, 0.25) is 0 Å². The average Bonchev–Trinajstić information content (AvgIpc) is 2.53. The van der Waals surface area contributed by atoms with Crippen molar-refractivity contribution in [2.75, 3.05) is 13.1 Å². The minimum Gasteiger partial charge on any atom is -0.457 e. The fourth-order valence-electron chi connectivity index (χ4n) is 3.10. The van der Waals surface area contributed by atoms with Crippen LogP contribution in [0, 0.1) is 0 Å². The van der Waals surface area contributed by atoms with Gasteiger partial charge in [0.05, 0.1) is 17.8 Å². The third-order valence-electron chi connectivity index (χ3n) is 4.18. The second-order valence-corrected chi connectivity index (χ2v) is 6.51. The second kappa shape index (κ2) is 7.65. The van der Waals surface area contributed by atoms with Gasteiger partial charge in [0, 0.05) is 26.1 Å². The predicted molar refractivity (Wildman–Crippen MR) is 89.9 cm³/mol. The normalized spacial score (nSPS) is 21.6. The summed E-state index contributed by atoms with van der Waals surface area (Å²) >= 11 is 0. The maximum Gasteiger partial charge on any atom is 0.416 e. The molecule has 2 atom stereocenters. The van der Waals surface area contributed by atoms with Gasteiger partial charge in [-0.25, -0.2) is 0 Å². The smallest absolute Gasteiger partial charge is 0.416 e. The summed E-state index contributed by atoms with van der Waals surface area (Å²) in [4.78, 5) is 1.93. The number of hydrogen-bond acceptors (Lipinski definition) is 4. The van der Waals surface area contributed by atoms with E-state index < -0.39 is 23.9 Å². The summed E-state index contributed by atoms with van der Waals surface area (Å²) in [6, 6.07) is 11.8. The Hall–Kier alpha value is -2.09. The van der Waals surface area contributed by atoms with Crippen LogP contribution < -0.4 is 4.74 Å². The van der Waals surface area contributed by atoms with Gasteiger partial charge in [0.25, 0.3) is 0 Å². The highest BCUT2D eigenvalue weighted by Gasteiger charge is 2.30. The van der Waals surface area contributed by atoms with Crippen molar-refractivity contribution in [3.05, 3.63) is 59.7 Å². The molecule has 1 aliphatic rings. The Kier molecular flexibility index (Phi) is 5.50. The van der Waals surface area contributed by atoms with E-state index in [1.165, 1.54) is 12.1 Å². The number of likely N-dealkylation sites (tertiary alicyclic amines) is 1. The standard InChI is InChI=1S/C19H20F3NO3/c20-19(21,22)14-4-2-6-18(8-14)26-17-5-1-3-13(7-17)10-23-11-15(24)9-16(25)12-23/h1-8,15-16,24-25H,9-12H2/t15-,16-/m1/s1. The first-order valence-corrected chi connectivity index (χ1v) is 8.32. The average molecular weight is 367 g/mol. The number of nitrogens with zero attached hydrogens (tertiary/aromatic N) is 1. The lowest BCUT2D eigenvalue weighted by atomic mass is 10.0. The summed E-state index contributed by atoms with van der Waals surface area (Å²) in [5, 5.41) is 19.5. The van der Waals surface area contributed by atoms with Gasteiger partial charge in [0.1, 0.15) is 11.5 Å². The highest BCUT2D eigenvalue weighted by molar-refractivity contribution is 5.36. The van der Waals surface area contributed by atoms with E-state index in [9.17, 15) is 23.4 Å². The Morgan fingerprint density at radius 2 is 1.58 bits per heavy atom. The highest BCUT2D eigenvalue weighted by Crippen LogP contribution is 2.32. The van der Waals surface area contributed by atoms with Crippen LogP contribution in [0.3, 0.4) is 0 Å². The molecule has 1 saturated heterocycles. The van der Waals surface area contributed by atoms with E-state index in [4.69, 9.17) is 4.74 Å². The Morgan fingerprint density at radius 3 is 2.23 bits per heavy atom. The van der Waals surface area contributed by atoms with Crippen molar-refractivity contribution in [2.45, 2.75) is 31.3 Å².